The monoisotopic (exact) mass is 399 g/mol. The fraction of sp³-hybridized carbons (Fsp3) is 0.417. The molecule has 1 N–H and O–H groups in total. The smallest absolute Gasteiger partial charge is 0.328 e. The molecule has 0 saturated carbocycles. The standard InChI is InChI=1S/C24H33NO4/c1-7-24(5,15-8-9-18(2)3)16-14-20-10-12-21(13-11-20)29-17-22(26)25-19(4)23(27)28-6/h7,9-14,16,19H,1,8,15,17H2,2-6H3,(H,25,26)/b16-14+/t19-,24+/m0/s1. The van der Waals surface area contributed by atoms with Gasteiger partial charge in [0.1, 0.15) is 11.8 Å². The van der Waals surface area contributed by atoms with E-state index < -0.39 is 12.0 Å². The van der Waals surface area contributed by atoms with Crippen molar-refractivity contribution in [2.75, 3.05) is 13.7 Å². The molecule has 2 atom stereocenters. The number of esters is 1. The molecular formula is C24H33NO4. The molecule has 0 radical (unpaired) electrons. The molecule has 5 nitrogen and oxygen atoms in total. The molecule has 0 fully saturated rings. The van der Waals surface area contributed by atoms with Crippen LogP contribution in [0, 0.1) is 5.41 Å². The summed E-state index contributed by atoms with van der Waals surface area (Å²) in [6.07, 6.45) is 10.5. The average molecular weight is 400 g/mol. The van der Waals surface area contributed by atoms with Gasteiger partial charge in [0.15, 0.2) is 6.61 Å². The quantitative estimate of drug-likeness (QED) is 0.433. The summed E-state index contributed by atoms with van der Waals surface area (Å²) in [6, 6.07) is 6.77. The lowest BCUT2D eigenvalue weighted by Gasteiger charge is -2.20. The molecule has 5 heteroatoms. The summed E-state index contributed by atoms with van der Waals surface area (Å²) in [5.74, 6) is -0.301. The predicted molar refractivity (Wildman–Crippen MR) is 118 cm³/mol. The number of ether oxygens (including phenoxy) is 2. The number of nitrogens with one attached hydrogen (secondary N) is 1. The Bertz CT molecular complexity index is 745. The zero-order valence-electron chi connectivity index (χ0n) is 18.2. The largest absolute Gasteiger partial charge is 0.484 e. The molecule has 0 aromatic heterocycles. The van der Waals surface area contributed by atoms with Crippen molar-refractivity contribution in [2.24, 2.45) is 5.41 Å². The van der Waals surface area contributed by atoms with Gasteiger partial charge >= 0.3 is 5.97 Å². The molecule has 0 heterocycles. The van der Waals surface area contributed by atoms with Gasteiger partial charge < -0.3 is 14.8 Å². The van der Waals surface area contributed by atoms with Crippen LogP contribution in [0.5, 0.6) is 5.75 Å². The second kappa shape index (κ2) is 11.9. The fourth-order valence-corrected chi connectivity index (χ4v) is 2.55. The molecule has 158 valence electrons. The maximum Gasteiger partial charge on any atom is 0.328 e. The van der Waals surface area contributed by atoms with Crippen molar-refractivity contribution in [1.29, 1.82) is 0 Å². The molecule has 0 unspecified atom stereocenters. The van der Waals surface area contributed by atoms with E-state index in [-0.39, 0.29) is 17.9 Å². The zero-order valence-corrected chi connectivity index (χ0v) is 18.2. The van der Waals surface area contributed by atoms with Gasteiger partial charge in [-0.3, -0.25) is 4.79 Å². The van der Waals surface area contributed by atoms with Gasteiger partial charge in [0, 0.05) is 5.41 Å². The van der Waals surface area contributed by atoms with Crippen LogP contribution in [0.2, 0.25) is 0 Å². The van der Waals surface area contributed by atoms with E-state index in [4.69, 9.17) is 4.74 Å². The number of allylic oxidation sites excluding steroid dienone is 4. The lowest BCUT2D eigenvalue weighted by atomic mass is 9.84. The van der Waals surface area contributed by atoms with Crippen LogP contribution in [-0.2, 0) is 14.3 Å². The van der Waals surface area contributed by atoms with E-state index in [1.807, 2.05) is 30.3 Å². The third kappa shape index (κ3) is 9.28. The predicted octanol–water partition coefficient (Wildman–Crippen LogP) is 4.70. The minimum Gasteiger partial charge on any atom is -0.484 e. The highest BCUT2D eigenvalue weighted by Crippen LogP contribution is 2.28. The Morgan fingerprint density at radius 3 is 2.45 bits per heavy atom. The lowest BCUT2D eigenvalue weighted by Crippen LogP contribution is -2.41. The Balaban J connectivity index is 2.59. The number of amides is 1. The second-order valence-corrected chi connectivity index (χ2v) is 7.53. The summed E-state index contributed by atoms with van der Waals surface area (Å²) >= 11 is 0. The van der Waals surface area contributed by atoms with Gasteiger partial charge in [-0.25, -0.2) is 4.79 Å². The number of benzene rings is 1. The minimum atomic E-state index is -0.709. The summed E-state index contributed by atoms with van der Waals surface area (Å²) in [5.41, 5.74) is 2.29. The summed E-state index contributed by atoms with van der Waals surface area (Å²) in [6.45, 7) is 11.7. The molecular weight excluding hydrogens is 366 g/mol. The number of carbonyl (C=O) groups excluding carboxylic acids is 2. The van der Waals surface area contributed by atoms with Crippen LogP contribution in [0.25, 0.3) is 6.08 Å². The fourth-order valence-electron chi connectivity index (χ4n) is 2.55. The first kappa shape index (κ1) is 24.2. The summed E-state index contributed by atoms with van der Waals surface area (Å²) in [5, 5.41) is 2.52. The number of hydrogen-bond donors (Lipinski definition) is 1. The van der Waals surface area contributed by atoms with E-state index >= 15 is 0 Å². The zero-order chi connectivity index (χ0) is 21.9. The van der Waals surface area contributed by atoms with E-state index in [9.17, 15) is 9.59 Å². The average Bonchev–Trinajstić information content (AvgIpc) is 2.70. The number of hydrogen-bond acceptors (Lipinski definition) is 4. The van der Waals surface area contributed by atoms with E-state index in [2.05, 4.69) is 55.6 Å². The highest BCUT2D eigenvalue weighted by molar-refractivity contribution is 5.84. The van der Waals surface area contributed by atoms with Gasteiger partial charge in [0.05, 0.1) is 7.11 Å². The van der Waals surface area contributed by atoms with Crippen LogP contribution in [-0.4, -0.2) is 31.6 Å². The van der Waals surface area contributed by atoms with Gasteiger partial charge in [0.25, 0.3) is 5.91 Å². The Hall–Kier alpha value is -2.82. The Labute approximate surface area is 174 Å². The molecule has 0 saturated heterocycles. The molecule has 1 amide bonds. The van der Waals surface area contributed by atoms with Crippen LogP contribution in [0.15, 0.2) is 54.6 Å². The number of rotatable bonds is 11. The van der Waals surface area contributed by atoms with Crippen molar-refractivity contribution < 1.29 is 19.1 Å². The van der Waals surface area contributed by atoms with E-state index in [0.29, 0.717) is 5.75 Å². The van der Waals surface area contributed by atoms with Crippen LogP contribution in [0.1, 0.15) is 46.1 Å². The molecule has 0 aliphatic rings. The van der Waals surface area contributed by atoms with Crippen molar-refractivity contribution in [3.8, 4) is 5.75 Å². The molecule has 0 aliphatic heterocycles. The Kier molecular flexibility index (Phi) is 9.93. The van der Waals surface area contributed by atoms with Crippen molar-refractivity contribution in [1.82, 2.24) is 5.32 Å². The van der Waals surface area contributed by atoms with Gasteiger partial charge in [-0.2, -0.15) is 0 Å². The third-order valence-corrected chi connectivity index (χ3v) is 4.54. The van der Waals surface area contributed by atoms with Crippen LogP contribution < -0.4 is 10.1 Å². The highest BCUT2D eigenvalue weighted by Gasteiger charge is 2.16. The summed E-state index contributed by atoms with van der Waals surface area (Å²) in [4.78, 5) is 23.1. The minimum absolute atomic E-state index is 0.0739. The SMILES string of the molecule is C=C[C@@](C)(/C=C/c1ccc(OCC(=O)N[C@@H](C)C(=O)OC)cc1)CCC=C(C)C. The van der Waals surface area contributed by atoms with E-state index in [1.54, 1.807) is 6.92 Å². The van der Waals surface area contributed by atoms with Gasteiger partial charge in [-0.15, -0.1) is 6.58 Å². The van der Waals surface area contributed by atoms with Crippen LogP contribution in [0.3, 0.4) is 0 Å². The van der Waals surface area contributed by atoms with Crippen molar-refractivity contribution in [3.05, 3.63) is 60.2 Å². The highest BCUT2D eigenvalue weighted by atomic mass is 16.5. The third-order valence-electron chi connectivity index (χ3n) is 4.54. The van der Waals surface area contributed by atoms with E-state index in [0.717, 1.165) is 18.4 Å². The molecule has 0 aliphatic carbocycles. The molecule has 1 aromatic rings. The first-order chi connectivity index (χ1) is 13.7. The number of methoxy groups -OCH3 is 1. The maximum atomic E-state index is 11.8. The Morgan fingerprint density at radius 1 is 1.24 bits per heavy atom. The second-order valence-electron chi connectivity index (χ2n) is 7.53. The Morgan fingerprint density at radius 2 is 1.90 bits per heavy atom. The topological polar surface area (TPSA) is 64.6 Å². The van der Waals surface area contributed by atoms with Crippen LogP contribution in [0.4, 0.5) is 0 Å². The normalized spacial score (nSPS) is 13.8. The molecule has 0 bridgehead atoms. The van der Waals surface area contributed by atoms with Crippen molar-refractivity contribution in [2.45, 2.75) is 46.6 Å². The van der Waals surface area contributed by atoms with Gasteiger partial charge in [-0.05, 0) is 51.3 Å². The summed E-state index contributed by atoms with van der Waals surface area (Å²) in [7, 11) is 1.28. The lowest BCUT2D eigenvalue weighted by molar-refractivity contribution is -0.144. The molecule has 1 aromatic carbocycles. The van der Waals surface area contributed by atoms with Gasteiger partial charge in [0.2, 0.25) is 0 Å². The molecule has 1 rings (SSSR count). The van der Waals surface area contributed by atoms with Crippen molar-refractivity contribution in [3.63, 3.8) is 0 Å². The first-order valence-electron chi connectivity index (χ1n) is 9.75. The number of carbonyl (C=O) groups is 2. The molecule has 0 spiro atoms. The van der Waals surface area contributed by atoms with Crippen molar-refractivity contribution >= 4 is 18.0 Å². The van der Waals surface area contributed by atoms with Crippen LogP contribution >= 0.6 is 0 Å². The molecule has 29 heavy (non-hydrogen) atoms. The first-order valence-corrected chi connectivity index (χ1v) is 9.75. The van der Waals surface area contributed by atoms with Gasteiger partial charge in [-0.1, -0.05) is 48.9 Å². The van der Waals surface area contributed by atoms with E-state index in [1.165, 1.54) is 12.7 Å². The maximum absolute atomic E-state index is 11.8. The summed E-state index contributed by atoms with van der Waals surface area (Å²) < 4.78 is 10.0.